The highest BCUT2D eigenvalue weighted by Crippen LogP contribution is 2.39. The predicted octanol–water partition coefficient (Wildman–Crippen LogP) is 1.13. The molecule has 0 aromatic carbocycles. The molecule has 0 N–H and O–H groups in total. The van der Waals surface area contributed by atoms with E-state index in [2.05, 4.69) is 15.0 Å². The van der Waals surface area contributed by atoms with E-state index in [9.17, 15) is 8.42 Å². The summed E-state index contributed by atoms with van der Waals surface area (Å²) in [6, 6.07) is -0.0531. The summed E-state index contributed by atoms with van der Waals surface area (Å²) in [6.45, 7) is 5.29. The smallest absolute Gasteiger partial charge is 0.243 e. The SMILES string of the molecule is CC(c1nc(C2CC2)no1)N1CCCC(S(=O)(=O)N2CCOCC2)C1. The molecule has 2 aliphatic heterocycles. The molecule has 2 saturated heterocycles. The Morgan fingerprint density at radius 3 is 2.64 bits per heavy atom. The maximum atomic E-state index is 12.9. The lowest BCUT2D eigenvalue weighted by molar-refractivity contribution is 0.0714. The maximum absolute atomic E-state index is 12.9. The van der Waals surface area contributed by atoms with Crippen LogP contribution in [0, 0.1) is 0 Å². The highest BCUT2D eigenvalue weighted by atomic mass is 32.2. The average molecular weight is 370 g/mol. The number of ether oxygens (including phenoxy) is 1. The van der Waals surface area contributed by atoms with Gasteiger partial charge in [0.25, 0.3) is 0 Å². The van der Waals surface area contributed by atoms with E-state index in [0.717, 1.165) is 31.6 Å². The molecule has 0 amide bonds. The number of nitrogens with zero attached hydrogens (tertiary/aromatic N) is 4. The zero-order valence-corrected chi connectivity index (χ0v) is 15.4. The number of hydrogen-bond acceptors (Lipinski definition) is 7. The van der Waals surface area contributed by atoms with E-state index < -0.39 is 10.0 Å². The lowest BCUT2D eigenvalue weighted by Crippen LogP contribution is -2.51. The molecule has 2 unspecified atom stereocenters. The summed E-state index contributed by atoms with van der Waals surface area (Å²) >= 11 is 0. The molecular formula is C16H26N4O4S. The van der Waals surface area contributed by atoms with E-state index in [4.69, 9.17) is 9.26 Å². The van der Waals surface area contributed by atoms with Crippen molar-refractivity contribution in [1.82, 2.24) is 19.3 Å². The van der Waals surface area contributed by atoms with Gasteiger partial charge < -0.3 is 9.26 Å². The van der Waals surface area contributed by atoms with Crippen LogP contribution in [-0.2, 0) is 14.8 Å². The second-order valence-electron chi connectivity index (χ2n) is 7.26. The molecule has 0 radical (unpaired) electrons. The summed E-state index contributed by atoms with van der Waals surface area (Å²) in [5.74, 6) is 1.86. The molecule has 0 spiro atoms. The lowest BCUT2D eigenvalue weighted by atomic mass is 10.1. The molecular weight excluding hydrogens is 344 g/mol. The standard InChI is InChI=1S/C16H26N4O4S/c1-12(16-17-15(18-24-16)13-4-5-13)19-6-2-3-14(11-19)25(21,22)20-7-9-23-10-8-20/h12-14H,2-11H2,1H3. The van der Waals surface area contributed by atoms with E-state index in [-0.39, 0.29) is 11.3 Å². The van der Waals surface area contributed by atoms with Gasteiger partial charge in [-0.05, 0) is 39.2 Å². The topological polar surface area (TPSA) is 88.8 Å². The summed E-state index contributed by atoms with van der Waals surface area (Å²) in [5, 5.41) is 3.71. The van der Waals surface area contributed by atoms with Gasteiger partial charge in [0.15, 0.2) is 5.82 Å². The van der Waals surface area contributed by atoms with Crippen molar-refractivity contribution in [3.63, 3.8) is 0 Å². The Kier molecular flexibility index (Phi) is 4.83. The molecule has 140 valence electrons. The van der Waals surface area contributed by atoms with Gasteiger partial charge in [-0.15, -0.1) is 0 Å². The van der Waals surface area contributed by atoms with Crippen LogP contribution in [0.2, 0.25) is 0 Å². The molecule has 3 fully saturated rings. The van der Waals surface area contributed by atoms with Crippen molar-refractivity contribution in [2.45, 2.75) is 49.8 Å². The Balaban J connectivity index is 1.44. The second kappa shape index (κ2) is 6.94. The first-order valence-electron chi connectivity index (χ1n) is 9.20. The molecule has 3 aliphatic rings. The summed E-state index contributed by atoms with van der Waals surface area (Å²) in [6.07, 6.45) is 3.84. The van der Waals surface area contributed by atoms with Gasteiger partial charge in [0.1, 0.15) is 0 Å². The van der Waals surface area contributed by atoms with Gasteiger partial charge in [-0.3, -0.25) is 4.90 Å². The minimum atomic E-state index is -3.29. The molecule has 4 rings (SSSR count). The van der Waals surface area contributed by atoms with Crippen LogP contribution >= 0.6 is 0 Å². The maximum Gasteiger partial charge on any atom is 0.243 e. The van der Waals surface area contributed by atoms with Crippen molar-refractivity contribution in [1.29, 1.82) is 0 Å². The molecule has 25 heavy (non-hydrogen) atoms. The van der Waals surface area contributed by atoms with Crippen molar-refractivity contribution >= 4 is 10.0 Å². The molecule has 3 heterocycles. The largest absolute Gasteiger partial charge is 0.379 e. The second-order valence-corrected chi connectivity index (χ2v) is 9.47. The van der Waals surface area contributed by atoms with Gasteiger partial charge in [0.2, 0.25) is 15.9 Å². The fourth-order valence-corrected chi connectivity index (χ4v) is 5.58. The molecule has 8 nitrogen and oxygen atoms in total. The number of morpholine rings is 1. The van der Waals surface area contributed by atoms with Crippen molar-refractivity contribution in [3.05, 3.63) is 11.7 Å². The number of hydrogen-bond donors (Lipinski definition) is 0. The van der Waals surface area contributed by atoms with E-state index >= 15 is 0 Å². The van der Waals surface area contributed by atoms with Gasteiger partial charge in [-0.25, -0.2) is 8.42 Å². The van der Waals surface area contributed by atoms with E-state index in [0.29, 0.717) is 51.1 Å². The third kappa shape index (κ3) is 3.60. The Morgan fingerprint density at radius 2 is 1.92 bits per heavy atom. The average Bonchev–Trinajstić information content (AvgIpc) is 3.39. The van der Waals surface area contributed by atoms with Gasteiger partial charge in [0.05, 0.1) is 24.5 Å². The molecule has 0 bridgehead atoms. The Morgan fingerprint density at radius 1 is 1.16 bits per heavy atom. The predicted molar refractivity (Wildman–Crippen MR) is 90.6 cm³/mol. The zero-order chi connectivity index (χ0) is 17.4. The van der Waals surface area contributed by atoms with E-state index in [1.54, 1.807) is 4.31 Å². The van der Waals surface area contributed by atoms with E-state index in [1.807, 2.05) is 6.92 Å². The minimum Gasteiger partial charge on any atom is -0.379 e. The first-order chi connectivity index (χ1) is 12.1. The monoisotopic (exact) mass is 370 g/mol. The molecule has 9 heteroatoms. The Labute approximate surface area is 148 Å². The number of rotatable bonds is 5. The molecule has 1 saturated carbocycles. The third-order valence-electron chi connectivity index (χ3n) is 5.47. The summed E-state index contributed by atoms with van der Waals surface area (Å²) in [4.78, 5) is 6.69. The zero-order valence-electron chi connectivity index (χ0n) is 14.6. The van der Waals surface area contributed by atoms with Crippen molar-refractivity contribution in [2.24, 2.45) is 0 Å². The highest BCUT2D eigenvalue weighted by Gasteiger charge is 2.38. The van der Waals surface area contributed by atoms with Crippen LogP contribution in [0.5, 0.6) is 0 Å². The number of aromatic nitrogens is 2. The van der Waals surface area contributed by atoms with Gasteiger partial charge in [0, 0.05) is 25.6 Å². The number of sulfonamides is 1. The molecule has 1 aliphatic carbocycles. The first kappa shape index (κ1) is 17.4. The van der Waals surface area contributed by atoms with Crippen molar-refractivity contribution in [3.8, 4) is 0 Å². The van der Waals surface area contributed by atoms with Gasteiger partial charge in [-0.2, -0.15) is 9.29 Å². The van der Waals surface area contributed by atoms with Crippen molar-refractivity contribution in [2.75, 3.05) is 39.4 Å². The van der Waals surface area contributed by atoms with Crippen LogP contribution in [0.15, 0.2) is 4.52 Å². The van der Waals surface area contributed by atoms with Gasteiger partial charge in [-0.1, -0.05) is 5.16 Å². The third-order valence-corrected chi connectivity index (χ3v) is 7.78. The lowest BCUT2D eigenvalue weighted by Gasteiger charge is -2.37. The van der Waals surface area contributed by atoms with Gasteiger partial charge >= 0.3 is 0 Å². The summed E-state index contributed by atoms with van der Waals surface area (Å²) in [5.41, 5.74) is 0. The van der Waals surface area contributed by atoms with Crippen molar-refractivity contribution < 1.29 is 17.7 Å². The fraction of sp³-hybridized carbons (Fsp3) is 0.875. The molecule has 2 atom stereocenters. The Bertz CT molecular complexity index is 697. The van der Waals surface area contributed by atoms with Crippen LogP contribution < -0.4 is 0 Å². The minimum absolute atomic E-state index is 0.0531. The van der Waals surface area contributed by atoms with Crippen LogP contribution in [0.25, 0.3) is 0 Å². The number of likely N-dealkylation sites (tertiary alicyclic amines) is 1. The summed E-state index contributed by atoms with van der Waals surface area (Å²) in [7, 11) is -3.29. The van der Waals surface area contributed by atoms with E-state index in [1.165, 1.54) is 0 Å². The summed E-state index contributed by atoms with van der Waals surface area (Å²) < 4.78 is 38.2. The normalized spacial score (nSPS) is 28.1. The molecule has 1 aromatic heterocycles. The highest BCUT2D eigenvalue weighted by molar-refractivity contribution is 7.89. The van der Waals surface area contributed by atoms with Crippen LogP contribution in [0.3, 0.4) is 0 Å². The van der Waals surface area contributed by atoms with Crippen LogP contribution in [0.1, 0.15) is 56.3 Å². The van der Waals surface area contributed by atoms with Crippen LogP contribution in [0.4, 0.5) is 0 Å². The quantitative estimate of drug-likeness (QED) is 0.768. The van der Waals surface area contributed by atoms with Crippen LogP contribution in [-0.4, -0.2) is 72.4 Å². The molecule has 1 aromatic rings. The Hall–Kier alpha value is -1.03. The fourth-order valence-electron chi connectivity index (χ4n) is 3.65. The number of piperidine rings is 1. The first-order valence-corrected chi connectivity index (χ1v) is 10.7.